The van der Waals surface area contributed by atoms with Crippen LogP contribution in [-0.2, 0) is 11.4 Å². The number of nitrogens with one attached hydrogen (secondary N) is 2. The van der Waals surface area contributed by atoms with Crippen LogP contribution in [0.2, 0.25) is 0 Å². The third-order valence-electron chi connectivity index (χ3n) is 5.25. The van der Waals surface area contributed by atoms with E-state index in [1.54, 1.807) is 0 Å². The number of amides is 1. The van der Waals surface area contributed by atoms with E-state index in [1.165, 1.54) is 0 Å². The molecule has 1 fully saturated rings. The van der Waals surface area contributed by atoms with E-state index in [0.29, 0.717) is 6.61 Å². The van der Waals surface area contributed by atoms with E-state index in [0.717, 1.165) is 46.8 Å². The van der Waals surface area contributed by atoms with Gasteiger partial charge in [0.1, 0.15) is 12.4 Å². The number of allylic oxidation sites excluding steroid dienone is 2. The summed E-state index contributed by atoms with van der Waals surface area (Å²) < 4.78 is 5.88. The molecule has 3 heterocycles. The second-order valence-electron chi connectivity index (χ2n) is 7.68. The molecule has 0 radical (unpaired) electrons. The van der Waals surface area contributed by atoms with Crippen LogP contribution in [0, 0.1) is 12.8 Å². The fourth-order valence-electron chi connectivity index (χ4n) is 3.39. The second-order valence-corrected chi connectivity index (χ2v) is 7.68. The molecule has 2 N–H and O–H groups in total. The number of carbonyl (C=O) groups excluding carboxylic acids is 1. The smallest absolute Gasteiger partial charge is 0.225 e. The van der Waals surface area contributed by atoms with Crippen LogP contribution in [0.15, 0.2) is 65.9 Å². The Labute approximate surface area is 175 Å². The van der Waals surface area contributed by atoms with Gasteiger partial charge in [0.25, 0.3) is 0 Å². The Hall–Kier alpha value is -3.45. The quantitative estimate of drug-likeness (QED) is 0.778. The van der Waals surface area contributed by atoms with Crippen LogP contribution in [0.5, 0.6) is 5.75 Å². The SMILES string of the molecule is Cc1ccc(COc2ccc(C3=CC=CN4NC(NC(=O)C5CC5)N=C34)cc2)cn1. The summed E-state index contributed by atoms with van der Waals surface area (Å²) in [5, 5.41) is 4.80. The summed E-state index contributed by atoms with van der Waals surface area (Å²) in [5.74, 6) is 1.80. The summed E-state index contributed by atoms with van der Waals surface area (Å²) >= 11 is 0. The average molecular weight is 401 g/mol. The first-order chi connectivity index (χ1) is 14.7. The van der Waals surface area contributed by atoms with Gasteiger partial charge in [0.05, 0.1) is 0 Å². The molecule has 0 spiro atoms. The molecule has 7 heteroatoms. The molecular formula is C23H23N5O2. The fourth-order valence-corrected chi connectivity index (χ4v) is 3.39. The lowest BCUT2D eigenvalue weighted by atomic mass is 10.0. The van der Waals surface area contributed by atoms with Gasteiger partial charge in [-0.15, -0.1) is 0 Å². The van der Waals surface area contributed by atoms with Gasteiger partial charge in [-0.05, 0) is 55.7 Å². The zero-order chi connectivity index (χ0) is 20.5. The van der Waals surface area contributed by atoms with Crippen molar-refractivity contribution < 1.29 is 9.53 Å². The van der Waals surface area contributed by atoms with Gasteiger partial charge in [0.15, 0.2) is 12.1 Å². The third kappa shape index (κ3) is 3.97. The van der Waals surface area contributed by atoms with Crippen molar-refractivity contribution in [1.82, 2.24) is 20.7 Å². The number of amidine groups is 1. The number of ether oxygens (including phenoxy) is 1. The number of hydrogen-bond donors (Lipinski definition) is 2. The van der Waals surface area contributed by atoms with Crippen molar-refractivity contribution in [2.45, 2.75) is 32.7 Å². The average Bonchev–Trinajstić information content (AvgIpc) is 3.54. The van der Waals surface area contributed by atoms with Gasteiger partial charge in [0.2, 0.25) is 5.91 Å². The molecule has 1 unspecified atom stereocenters. The number of aliphatic imine (C=N–C) groups is 1. The largest absolute Gasteiger partial charge is 0.489 e. The normalized spacial score (nSPS) is 19.8. The number of aromatic nitrogens is 1. The molecule has 1 aromatic heterocycles. The minimum atomic E-state index is -0.440. The Morgan fingerprint density at radius 3 is 2.80 bits per heavy atom. The van der Waals surface area contributed by atoms with Crippen LogP contribution in [0.1, 0.15) is 29.7 Å². The van der Waals surface area contributed by atoms with E-state index in [1.807, 2.05) is 72.9 Å². The Morgan fingerprint density at radius 2 is 2.07 bits per heavy atom. The number of hydrogen-bond acceptors (Lipinski definition) is 6. The molecule has 5 rings (SSSR count). The summed E-state index contributed by atoms with van der Waals surface area (Å²) in [6.45, 7) is 2.44. The molecule has 2 aliphatic heterocycles. The van der Waals surface area contributed by atoms with E-state index < -0.39 is 6.29 Å². The molecule has 152 valence electrons. The zero-order valence-electron chi connectivity index (χ0n) is 16.7. The van der Waals surface area contributed by atoms with E-state index in [9.17, 15) is 4.79 Å². The molecule has 2 aromatic rings. The monoisotopic (exact) mass is 401 g/mol. The standard InChI is InChI=1S/C23H23N5O2/c1-15-4-5-16(13-24-15)14-30-19-10-8-17(9-11-19)20-3-2-12-28-21(20)25-23(27-28)26-22(29)18-6-7-18/h2-5,8-13,18,23,27H,6-7,14H2,1H3,(H,26,29). The van der Waals surface area contributed by atoms with Crippen LogP contribution < -0.4 is 15.5 Å². The maximum Gasteiger partial charge on any atom is 0.225 e. The predicted molar refractivity (Wildman–Crippen MR) is 114 cm³/mol. The van der Waals surface area contributed by atoms with Gasteiger partial charge in [-0.3, -0.25) is 14.8 Å². The number of nitrogens with zero attached hydrogens (tertiary/aromatic N) is 3. The molecule has 30 heavy (non-hydrogen) atoms. The van der Waals surface area contributed by atoms with E-state index in [-0.39, 0.29) is 11.8 Å². The molecule has 0 saturated heterocycles. The molecule has 0 bridgehead atoms. The summed E-state index contributed by atoms with van der Waals surface area (Å²) in [7, 11) is 0. The van der Waals surface area contributed by atoms with Gasteiger partial charge >= 0.3 is 0 Å². The number of pyridine rings is 1. The first-order valence-corrected chi connectivity index (χ1v) is 10.1. The lowest BCUT2D eigenvalue weighted by Crippen LogP contribution is -2.46. The van der Waals surface area contributed by atoms with Crippen molar-refractivity contribution in [3.05, 3.63) is 77.8 Å². The Bertz CT molecular complexity index is 1040. The minimum absolute atomic E-state index is 0.0662. The van der Waals surface area contributed by atoms with Gasteiger partial charge in [0, 0.05) is 35.1 Å². The summed E-state index contributed by atoms with van der Waals surface area (Å²) in [6.07, 6.45) is 9.22. The van der Waals surface area contributed by atoms with Crippen LogP contribution in [-0.4, -0.2) is 28.0 Å². The van der Waals surface area contributed by atoms with Gasteiger partial charge < -0.3 is 10.1 Å². The Balaban J connectivity index is 1.26. The molecule has 3 aliphatic rings. The van der Waals surface area contributed by atoms with Crippen molar-refractivity contribution in [2.24, 2.45) is 10.9 Å². The third-order valence-corrected chi connectivity index (χ3v) is 5.25. The van der Waals surface area contributed by atoms with Crippen LogP contribution in [0.4, 0.5) is 0 Å². The highest BCUT2D eigenvalue weighted by Crippen LogP contribution is 2.30. The van der Waals surface area contributed by atoms with E-state index >= 15 is 0 Å². The Kier molecular flexibility index (Phi) is 4.80. The predicted octanol–water partition coefficient (Wildman–Crippen LogP) is 2.91. The fraction of sp³-hybridized carbons (Fsp3) is 0.261. The summed E-state index contributed by atoms with van der Waals surface area (Å²) in [4.78, 5) is 21.0. The lowest BCUT2D eigenvalue weighted by molar-refractivity contribution is -0.123. The Morgan fingerprint density at radius 1 is 1.23 bits per heavy atom. The lowest BCUT2D eigenvalue weighted by Gasteiger charge is -2.21. The molecular weight excluding hydrogens is 378 g/mol. The number of aryl methyl sites for hydroxylation is 1. The highest BCUT2D eigenvalue weighted by molar-refractivity contribution is 6.24. The number of fused-ring (bicyclic) bond motifs is 1. The van der Waals surface area contributed by atoms with E-state index in [2.05, 4.69) is 20.7 Å². The molecule has 1 atom stereocenters. The number of hydrazine groups is 1. The minimum Gasteiger partial charge on any atom is -0.489 e. The van der Waals surface area contributed by atoms with E-state index in [4.69, 9.17) is 4.74 Å². The van der Waals surface area contributed by atoms with Gasteiger partial charge in [-0.2, -0.15) is 5.43 Å². The maximum absolute atomic E-state index is 12.0. The summed E-state index contributed by atoms with van der Waals surface area (Å²) in [6, 6.07) is 11.9. The van der Waals surface area contributed by atoms with Crippen molar-refractivity contribution in [3.63, 3.8) is 0 Å². The number of carbonyl (C=O) groups is 1. The van der Waals surface area contributed by atoms with Crippen molar-refractivity contribution >= 4 is 17.3 Å². The first kappa shape index (κ1) is 18.6. The van der Waals surface area contributed by atoms with Crippen molar-refractivity contribution in [2.75, 3.05) is 0 Å². The molecule has 1 aliphatic carbocycles. The van der Waals surface area contributed by atoms with Crippen LogP contribution in [0.25, 0.3) is 5.57 Å². The van der Waals surface area contributed by atoms with Crippen molar-refractivity contribution in [3.8, 4) is 5.75 Å². The molecule has 1 saturated carbocycles. The maximum atomic E-state index is 12.0. The van der Waals surface area contributed by atoms with Gasteiger partial charge in [-0.1, -0.05) is 18.2 Å². The topological polar surface area (TPSA) is 78.9 Å². The van der Waals surface area contributed by atoms with Gasteiger partial charge in [-0.25, -0.2) is 4.99 Å². The first-order valence-electron chi connectivity index (χ1n) is 10.1. The van der Waals surface area contributed by atoms with Crippen molar-refractivity contribution in [1.29, 1.82) is 0 Å². The highest BCUT2D eigenvalue weighted by Gasteiger charge is 2.34. The number of rotatable bonds is 6. The zero-order valence-corrected chi connectivity index (χ0v) is 16.7. The molecule has 7 nitrogen and oxygen atoms in total. The number of benzene rings is 1. The molecule has 1 aromatic carbocycles. The second kappa shape index (κ2) is 7.76. The van der Waals surface area contributed by atoms with Crippen LogP contribution in [0.3, 0.4) is 0 Å². The highest BCUT2D eigenvalue weighted by atomic mass is 16.5. The van der Waals surface area contributed by atoms with Crippen LogP contribution >= 0.6 is 0 Å². The summed E-state index contributed by atoms with van der Waals surface area (Å²) in [5.41, 5.74) is 7.24. The molecule has 1 amide bonds.